The van der Waals surface area contributed by atoms with Gasteiger partial charge in [-0.25, -0.2) is 0 Å². The van der Waals surface area contributed by atoms with Gasteiger partial charge in [0.05, 0.1) is 5.69 Å². The van der Waals surface area contributed by atoms with Crippen LogP contribution in [0.15, 0.2) is 45.6 Å². The molecule has 2 N–H and O–H groups in total. The maximum Gasteiger partial charge on any atom is 1.00 e. The number of nitrogens with zero attached hydrogens (tertiary/aromatic N) is 2. The van der Waals surface area contributed by atoms with E-state index < -0.39 is 35.6 Å². The van der Waals surface area contributed by atoms with E-state index in [-0.39, 0.29) is 39.4 Å². The van der Waals surface area contributed by atoms with Crippen LogP contribution in [-0.2, 0) is 0 Å². The Morgan fingerprint density at radius 1 is 0.967 bits per heavy atom. The summed E-state index contributed by atoms with van der Waals surface area (Å²) in [5, 5.41) is 15.7. The molecule has 0 aliphatic heterocycles. The summed E-state index contributed by atoms with van der Waals surface area (Å²) in [6, 6.07) is 4.84. The van der Waals surface area contributed by atoms with E-state index in [0.29, 0.717) is 8.95 Å². The summed E-state index contributed by atoms with van der Waals surface area (Å²) in [6.45, 7) is 0. The van der Waals surface area contributed by atoms with Crippen molar-refractivity contribution in [3.05, 3.63) is 57.0 Å². The van der Waals surface area contributed by atoms with Gasteiger partial charge in [-0.2, -0.15) is 26.3 Å². The number of aliphatic hydroxyl groups is 2. The third-order valence-corrected chi connectivity index (χ3v) is 3.50. The maximum atomic E-state index is 11.9. The largest absolute Gasteiger partial charge is 1.00 e. The normalized spacial score (nSPS) is 11.3. The Kier molecular flexibility index (Phi) is 17.4. The van der Waals surface area contributed by atoms with Gasteiger partial charge in [0.25, 0.3) is 5.78 Å². The van der Waals surface area contributed by atoms with Gasteiger partial charge in [0.2, 0.25) is 0 Å². The Balaban J connectivity index is -0.000000200. The van der Waals surface area contributed by atoms with Gasteiger partial charge >= 0.3 is 41.9 Å². The summed E-state index contributed by atoms with van der Waals surface area (Å²) in [5.41, 5.74) is -1.01. The third-order valence-electron chi connectivity index (χ3n) is 2.56. The molecule has 5 nitrogen and oxygen atoms in total. The fourth-order valence-electron chi connectivity index (χ4n) is 1.37. The summed E-state index contributed by atoms with van der Waals surface area (Å²) in [6.07, 6.45) is -9.70. The maximum absolute atomic E-state index is 11.9. The number of hydrogen-bond acceptors (Lipinski definition) is 5. The molecule has 0 spiro atoms. The molecule has 30 heavy (non-hydrogen) atoms. The number of carbonyl (C=O) groups is 1. The van der Waals surface area contributed by atoms with E-state index in [0.717, 1.165) is 25.4 Å². The zero-order valence-electron chi connectivity index (χ0n) is 16.3. The van der Waals surface area contributed by atoms with E-state index in [1.165, 1.54) is 18.3 Å². The predicted octanol–water partition coefficient (Wildman–Crippen LogP) is 1.37. The molecule has 2 aromatic heterocycles. The molecule has 3 radical (unpaired) electrons. The van der Waals surface area contributed by atoms with E-state index in [1.807, 2.05) is 0 Å². The second-order valence-corrected chi connectivity index (χ2v) is 6.37. The SMILES string of the molecule is CO.O=C(c1ccc(Br)cn1)C(F)(F)F.OC(c1ccc(Br)cn1)C(F)(F)F.[B].[H-].[Na+]. The van der Waals surface area contributed by atoms with Crippen molar-refractivity contribution in [2.24, 2.45) is 0 Å². The van der Waals surface area contributed by atoms with Gasteiger partial charge in [-0.3, -0.25) is 14.8 Å². The van der Waals surface area contributed by atoms with Crippen LogP contribution in [0.25, 0.3) is 0 Å². The van der Waals surface area contributed by atoms with Crippen LogP contribution in [0.5, 0.6) is 0 Å². The number of aliphatic hydroxyl groups excluding tert-OH is 2. The Morgan fingerprint density at radius 2 is 1.40 bits per heavy atom. The van der Waals surface area contributed by atoms with Gasteiger partial charge in [-0.15, -0.1) is 0 Å². The minimum Gasteiger partial charge on any atom is -1.00 e. The van der Waals surface area contributed by atoms with Crippen molar-refractivity contribution >= 4 is 46.1 Å². The molecule has 0 amide bonds. The summed E-state index contributed by atoms with van der Waals surface area (Å²) in [5.74, 6) is -1.93. The molecule has 2 aromatic rings. The van der Waals surface area contributed by atoms with E-state index in [2.05, 4.69) is 41.8 Å². The second kappa shape index (κ2) is 15.3. The molecule has 1 unspecified atom stereocenters. The number of halogens is 8. The number of Topliss-reactive ketones (excluding diaryl/α,β-unsaturated/α-hetero) is 1. The summed E-state index contributed by atoms with van der Waals surface area (Å²) >= 11 is 6.01. The summed E-state index contributed by atoms with van der Waals surface area (Å²) in [7, 11) is 1.00. The van der Waals surface area contributed by atoms with Crippen LogP contribution in [-0.4, -0.2) is 53.8 Å². The molecule has 0 aliphatic carbocycles. The number of aromatic nitrogens is 2. The average molecular weight is 577 g/mol. The molecule has 2 rings (SSSR count). The Hall–Kier alpha value is -0.505. The van der Waals surface area contributed by atoms with Gasteiger partial charge in [0, 0.05) is 36.9 Å². The van der Waals surface area contributed by atoms with Gasteiger partial charge in [0.1, 0.15) is 5.69 Å². The standard InChI is InChI=1S/C7H5BrF3NO.C7H3BrF3NO.CH4O.B.Na.H/c2*8-4-1-2-5(12-3-4)6(13)7(9,10)11;1-2;;;/h1-3,6,13H;1-3H;2H,1H3;;;/q;;;;+1;-1. The Morgan fingerprint density at radius 3 is 1.70 bits per heavy atom. The number of hydrogen-bond donors (Lipinski definition) is 2. The molecule has 0 aromatic carbocycles. The van der Waals surface area contributed by atoms with Crippen LogP contribution in [0.1, 0.15) is 23.7 Å². The van der Waals surface area contributed by atoms with E-state index in [9.17, 15) is 31.1 Å². The van der Waals surface area contributed by atoms with Crippen LogP contribution in [0.2, 0.25) is 0 Å². The molecular formula is C15H13BBr2F6N2NaO3. The molecular weight excluding hydrogens is 564 g/mol. The number of ketones is 1. The number of carbonyl (C=O) groups excluding carboxylic acids is 1. The van der Waals surface area contributed by atoms with Crippen molar-refractivity contribution in [3.63, 3.8) is 0 Å². The first-order valence-corrected chi connectivity index (χ1v) is 8.45. The van der Waals surface area contributed by atoms with Crippen LogP contribution < -0.4 is 29.6 Å². The first-order valence-electron chi connectivity index (χ1n) is 6.86. The zero-order valence-corrected chi connectivity index (χ0v) is 20.5. The van der Waals surface area contributed by atoms with Gasteiger partial charge in [-0.05, 0) is 56.1 Å². The molecule has 161 valence electrons. The van der Waals surface area contributed by atoms with Crippen molar-refractivity contribution in [1.29, 1.82) is 0 Å². The van der Waals surface area contributed by atoms with Crippen molar-refractivity contribution in [2.45, 2.75) is 18.5 Å². The van der Waals surface area contributed by atoms with Crippen LogP contribution in [0.3, 0.4) is 0 Å². The molecule has 1 atom stereocenters. The number of rotatable bonds is 2. The molecule has 0 bridgehead atoms. The number of alkyl halides is 6. The predicted molar refractivity (Wildman–Crippen MR) is 100 cm³/mol. The monoisotopic (exact) mass is 575 g/mol. The Labute approximate surface area is 209 Å². The fraction of sp³-hybridized carbons (Fsp3) is 0.267. The van der Waals surface area contributed by atoms with E-state index in [1.54, 1.807) is 0 Å². The molecule has 2 heterocycles. The topological polar surface area (TPSA) is 83.3 Å². The van der Waals surface area contributed by atoms with E-state index in [4.69, 9.17) is 10.2 Å². The second-order valence-electron chi connectivity index (χ2n) is 4.53. The molecule has 0 saturated carbocycles. The third kappa shape index (κ3) is 12.4. The smallest absolute Gasteiger partial charge is 1.00 e. The van der Waals surface area contributed by atoms with Crippen LogP contribution >= 0.6 is 31.9 Å². The molecule has 0 fully saturated rings. The quantitative estimate of drug-likeness (QED) is 0.321. The molecule has 0 aliphatic rings. The minimum atomic E-state index is -4.86. The zero-order chi connectivity index (χ0) is 22.1. The molecule has 15 heteroatoms. The van der Waals surface area contributed by atoms with Gasteiger partial charge in [-0.1, -0.05) is 0 Å². The first-order chi connectivity index (χ1) is 12.8. The van der Waals surface area contributed by atoms with E-state index >= 15 is 0 Å². The molecule has 0 saturated heterocycles. The van der Waals surface area contributed by atoms with Crippen molar-refractivity contribution in [2.75, 3.05) is 7.11 Å². The average Bonchev–Trinajstić information content (AvgIpc) is 2.62. The van der Waals surface area contributed by atoms with Gasteiger partial charge < -0.3 is 11.6 Å². The van der Waals surface area contributed by atoms with Gasteiger partial charge in [0.15, 0.2) is 6.10 Å². The van der Waals surface area contributed by atoms with Crippen molar-refractivity contribution in [1.82, 2.24) is 9.97 Å². The first kappa shape index (κ1) is 34.1. The minimum absolute atomic E-state index is 0. The summed E-state index contributed by atoms with van der Waals surface area (Å²) < 4.78 is 72.4. The van der Waals surface area contributed by atoms with Crippen LogP contribution in [0, 0.1) is 0 Å². The van der Waals surface area contributed by atoms with Crippen LogP contribution in [0.4, 0.5) is 26.3 Å². The fourth-order valence-corrected chi connectivity index (χ4v) is 1.84. The van der Waals surface area contributed by atoms with Crippen molar-refractivity contribution in [3.8, 4) is 0 Å². The summed E-state index contributed by atoms with van der Waals surface area (Å²) in [4.78, 5) is 17.3. The number of pyridine rings is 2. The Bertz CT molecular complexity index is 756. The van der Waals surface area contributed by atoms with Crippen molar-refractivity contribution < 1.29 is 72.3 Å².